The number of amides is 1. The summed E-state index contributed by atoms with van der Waals surface area (Å²) in [5.41, 5.74) is 2.05. The molecular weight excluding hydrogens is 306 g/mol. The molecule has 116 valence electrons. The number of fused-ring (bicyclic) bond motifs is 2. The second kappa shape index (κ2) is 4.54. The van der Waals surface area contributed by atoms with Gasteiger partial charge in [0.25, 0.3) is 0 Å². The van der Waals surface area contributed by atoms with Crippen molar-refractivity contribution in [2.45, 2.75) is 34.6 Å². The van der Waals surface area contributed by atoms with E-state index in [0.717, 1.165) is 18.7 Å². The zero-order valence-corrected chi connectivity index (χ0v) is 13.6. The quantitative estimate of drug-likeness (QED) is 0.754. The summed E-state index contributed by atoms with van der Waals surface area (Å²) in [5, 5.41) is 0.329. The van der Waals surface area contributed by atoms with Crippen LogP contribution in [0.2, 0.25) is 0 Å². The van der Waals surface area contributed by atoms with Crippen LogP contribution in [0.1, 0.15) is 24.0 Å². The molecule has 0 aromatic heterocycles. The zero-order chi connectivity index (χ0) is 15.6. The molecule has 3 nitrogen and oxygen atoms in total. The Bertz CT molecular complexity index is 807. The van der Waals surface area contributed by atoms with Crippen molar-refractivity contribution in [3.8, 4) is 5.75 Å². The monoisotopic (exact) mass is 323 g/mol. The Hall–Kier alpha value is -1.94. The minimum Gasteiger partial charge on any atom is -0.479 e. The molecule has 2 aromatic carbocycles. The van der Waals surface area contributed by atoms with E-state index in [1.54, 1.807) is 0 Å². The Morgan fingerprint density at radius 1 is 1.22 bits per heavy atom. The highest BCUT2D eigenvalue weighted by atomic mass is 32.2. The summed E-state index contributed by atoms with van der Waals surface area (Å²) in [4.78, 5) is 14.8. The van der Waals surface area contributed by atoms with E-state index in [1.807, 2.05) is 22.7 Å². The van der Waals surface area contributed by atoms with Crippen molar-refractivity contribution in [3.05, 3.63) is 59.7 Å². The predicted molar refractivity (Wildman–Crippen MR) is 89.8 cm³/mol. The van der Waals surface area contributed by atoms with E-state index in [9.17, 15) is 4.79 Å². The predicted octanol–water partition coefficient (Wildman–Crippen LogP) is 3.39. The third-order valence-corrected chi connectivity index (χ3v) is 6.93. The molecule has 23 heavy (non-hydrogen) atoms. The number of carbonyl (C=O) groups excluding carboxylic acids is 1. The van der Waals surface area contributed by atoms with Crippen molar-refractivity contribution in [1.82, 2.24) is 4.90 Å². The highest BCUT2D eigenvalue weighted by Crippen LogP contribution is 2.63. The van der Waals surface area contributed by atoms with E-state index < -0.39 is 5.60 Å². The molecule has 3 aliphatic heterocycles. The van der Waals surface area contributed by atoms with Crippen LogP contribution in [0.4, 0.5) is 0 Å². The average Bonchev–Trinajstić information content (AvgIpc) is 2.96. The molecule has 0 spiro atoms. The Balaban J connectivity index is 1.81. The molecule has 5 rings (SSSR count). The van der Waals surface area contributed by atoms with Crippen LogP contribution < -0.4 is 4.74 Å². The molecule has 2 aromatic rings. The van der Waals surface area contributed by atoms with Gasteiger partial charge in [0.05, 0.1) is 6.04 Å². The van der Waals surface area contributed by atoms with Gasteiger partial charge >= 0.3 is 0 Å². The SMILES string of the molecule is C[C@H]1N(C=O)C[C@H]2Sc3ccccc3[C@@]13Oc1ccccc1[C@H]23. The molecule has 4 atom stereocenters. The molecule has 4 heteroatoms. The molecule has 3 aliphatic rings. The molecule has 1 fully saturated rings. The van der Waals surface area contributed by atoms with Gasteiger partial charge in [-0.25, -0.2) is 0 Å². The number of benzene rings is 2. The van der Waals surface area contributed by atoms with Gasteiger partial charge in [-0.3, -0.25) is 4.79 Å². The highest BCUT2D eigenvalue weighted by molar-refractivity contribution is 8.00. The van der Waals surface area contributed by atoms with Gasteiger partial charge in [0.2, 0.25) is 6.41 Å². The average molecular weight is 323 g/mol. The third kappa shape index (κ3) is 1.55. The lowest BCUT2D eigenvalue weighted by Gasteiger charge is -2.54. The van der Waals surface area contributed by atoms with E-state index in [-0.39, 0.29) is 6.04 Å². The van der Waals surface area contributed by atoms with E-state index in [1.165, 1.54) is 16.0 Å². The lowest BCUT2D eigenvalue weighted by molar-refractivity contribution is -0.130. The topological polar surface area (TPSA) is 29.5 Å². The van der Waals surface area contributed by atoms with E-state index in [2.05, 4.69) is 49.4 Å². The first-order valence-electron chi connectivity index (χ1n) is 8.01. The second-order valence-corrected chi connectivity index (χ2v) is 7.82. The van der Waals surface area contributed by atoms with Gasteiger partial charge in [0, 0.05) is 33.7 Å². The number of carbonyl (C=O) groups is 1. The first-order valence-corrected chi connectivity index (χ1v) is 8.89. The lowest BCUT2D eigenvalue weighted by atomic mass is 9.69. The Morgan fingerprint density at radius 2 is 2.00 bits per heavy atom. The molecular formula is C19H17NO2S. The van der Waals surface area contributed by atoms with Crippen molar-refractivity contribution in [1.29, 1.82) is 0 Å². The number of thioether (sulfide) groups is 1. The fourth-order valence-electron chi connectivity index (χ4n) is 4.59. The summed E-state index contributed by atoms with van der Waals surface area (Å²) in [6.07, 6.45) is 0.983. The second-order valence-electron chi connectivity index (χ2n) is 6.54. The van der Waals surface area contributed by atoms with Gasteiger partial charge in [0.1, 0.15) is 5.75 Å². The van der Waals surface area contributed by atoms with Crippen LogP contribution in [0.15, 0.2) is 53.4 Å². The summed E-state index contributed by atoms with van der Waals surface area (Å²) in [6.45, 7) is 2.89. The Labute approximate surface area is 139 Å². The number of hydrogen-bond acceptors (Lipinski definition) is 3. The fraction of sp³-hybridized carbons (Fsp3) is 0.316. The third-order valence-electron chi connectivity index (χ3n) is 5.60. The molecule has 0 unspecified atom stereocenters. The van der Waals surface area contributed by atoms with Crippen molar-refractivity contribution >= 4 is 18.2 Å². The van der Waals surface area contributed by atoms with Crippen molar-refractivity contribution in [3.63, 3.8) is 0 Å². The summed E-state index contributed by atoms with van der Waals surface area (Å²) >= 11 is 1.89. The standard InChI is InChI=1S/C19H17NO2S/c1-12-19-14-7-3-5-9-16(14)23-17(10-20(12)11-21)18(19)13-6-2-4-8-15(13)22-19/h2-9,11-12,17-18H,10H2,1H3/t12-,17-,18-,19+/m1/s1. The molecule has 2 bridgehead atoms. The number of hydrogen-bond donors (Lipinski definition) is 0. The van der Waals surface area contributed by atoms with Gasteiger partial charge in [-0.05, 0) is 19.1 Å². The van der Waals surface area contributed by atoms with Crippen LogP contribution in [0.3, 0.4) is 0 Å². The molecule has 1 amide bonds. The maximum Gasteiger partial charge on any atom is 0.210 e. The molecule has 1 saturated heterocycles. The number of rotatable bonds is 1. The number of nitrogens with zero attached hydrogens (tertiary/aromatic N) is 1. The minimum absolute atomic E-state index is 0.00991. The largest absolute Gasteiger partial charge is 0.479 e. The van der Waals surface area contributed by atoms with Gasteiger partial charge in [-0.2, -0.15) is 0 Å². The van der Waals surface area contributed by atoms with Gasteiger partial charge in [0.15, 0.2) is 5.60 Å². The summed E-state index contributed by atoms with van der Waals surface area (Å²) in [5.74, 6) is 1.27. The maximum atomic E-state index is 11.6. The smallest absolute Gasteiger partial charge is 0.210 e. The minimum atomic E-state index is -0.463. The van der Waals surface area contributed by atoms with Crippen molar-refractivity contribution < 1.29 is 9.53 Å². The number of likely N-dealkylation sites (tertiary alicyclic amines) is 1. The zero-order valence-electron chi connectivity index (χ0n) is 12.8. The normalized spacial score (nSPS) is 33.3. The lowest BCUT2D eigenvalue weighted by Crippen LogP contribution is -2.63. The maximum absolute atomic E-state index is 11.6. The summed E-state index contributed by atoms with van der Waals surface area (Å²) in [7, 11) is 0. The highest BCUT2D eigenvalue weighted by Gasteiger charge is 2.63. The summed E-state index contributed by atoms with van der Waals surface area (Å²) < 4.78 is 6.63. The molecule has 0 radical (unpaired) electrons. The molecule has 0 saturated carbocycles. The van der Waals surface area contributed by atoms with Crippen molar-refractivity contribution in [2.75, 3.05) is 6.54 Å². The van der Waals surface area contributed by atoms with Crippen LogP contribution in [-0.4, -0.2) is 29.1 Å². The fourth-order valence-corrected chi connectivity index (χ4v) is 6.16. The van der Waals surface area contributed by atoms with Gasteiger partial charge < -0.3 is 9.64 Å². The molecule has 0 N–H and O–H groups in total. The molecule has 0 aliphatic carbocycles. The number of piperidine rings is 1. The van der Waals surface area contributed by atoms with E-state index in [0.29, 0.717) is 11.2 Å². The van der Waals surface area contributed by atoms with Crippen LogP contribution in [-0.2, 0) is 10.4 Å². The van der Waals surface area contributed by atoms with Crippen LogP contribution in [0.25, 0.3) is 0 Å². The number of para-hydroxylation sites is 1. The molecule has 3 heterocycles. The first-order chi connectivity index (χ1) is 11.3. The van der Waals surface area contributed by atoms with Gasteiger partial charge in [-0.1, -0.05) is 36.4 Å². The van der Waals surface area contributed by atoms with E-state index in [4.69, 9.17) is 4.74 Å². The first kappa shape index (κ1) is 13.5. The van der Waals surface area contributed by atoms with Crippen LogP contribution in [0, 0.1) is 0 Å². The van der Waals surface area contributed by atoms with Gasteiger partial charge in [-0.15, -0.1) is 11.8 Å². The van der Waals surface area contributed by atoms with Crippen molar-refractivity contribution in [2.24, 2.45) is 0 Å². The Kier molecular flexibility index (Phi) is 2.66. The van der Waals surface area contributed by atoms with E-state index >= 15 is 0 Å². The number of ether oxygens (including phenoxy) is 1. The Morgan fingerprint density at radius 3 is 2.87 bits per heavy atom. The van der Waals surface area contributed by atoms with Crippen LogP contribution >= 0.6 is 11.8 Å². The van der Waals surface area contributed by atoms with Crippen LogP contribution in [0.5, 0.6) is 5.75 Å². The summed E-state index contributed by atoms with van der Waals surface area (Å²) in [6, 6.07) is 16.9.